The second-order valence-corrected chi connectivity index (χ2v) is 12.3. The first-order valence-corrected chi connectivity index (χ1v) is 16.1. The van der Waals surface area contributed by atoms with Crippen molar-refractivity contribution in [3.05, 3.63) is 175 Å². The number of rotatable bonds is 5. The number of fused-ring (bicyclic) bond motifs is 6. The lowest BCUT2D eigenvalue weighted by atomic mass is 9.94. The van der Waals surface area contributed by atoms with Crippen molar-refractivity contribution in [1.82, 2.24) is 4.57 Å². The number of nitrogens with zero attached hydrogens (tertiary/aromatic N) is 2. The van der Waals surface area contributed by atoms with Gasteiger partial charge in [-0.25, -0.2) is 0 Å². The Morgan fingerprint density at radius 3 is 2.00 bits per heavy atom. The second kappa shape index (κ2) is 10.2. The molecule has 0 N–H and O–H groups in total. The van der Waals surface area contributed by atoms with Gasteiger partial charge in [0.05, 0.1) is 16.7 Å². The number of benzene rings is 7. The van der Waals surface area contributed by atoms with Crippen LogP contribution in [0.1, 0.15) is 17.2 Å². The molecule has 7 aromatic carbocycles. The van der Waals surface area contributed by atoms with Crippen LogP contribution < -0.4 is 0 Å². The van der Waals surface area contributed by atoms with Crippen LogP contribution in [-0.2, 0) is 0 Å². The van der Waals surface area contributed by atoms with Gasteiger partial charge in [-0.15, -0.1) is 0 Å². The maximum atomic E-state index is 6.72. The molecule has 0 spiro atoms. The maximum Gasteiger partial charge on any atom is 0.144 e. The zero-order chi connectivity index (χ0) is 30.9. The van der Waals surface area contributed by atoms with Crippen molar-refractivity contribution >= 4 is 49.5 Å². The predicted molar refractivity (Wildman–Crippen MR) is 195 cm³/mol. The molecule has 220 valence electrons. The average Bonchev–Trinajstić information content (AvgIpc) is 3.75. The van der Waals surface area contributed by atoms with E-state index in [1.165, 1.54) is 49.6 Å². The summed E-state index contributed by atoms with van der Waals surface area (Å²) in [5.41, 5.74) is 13.4. The Kier molecular flexibility index (Phi) is 5.64. The van der Waals surface area contributed by atoms with Gasteiger partial charge in [0.15, 0.2) is 0 Å². The summed E-state index contributed by atoms with van der Waals surface area (Å²) >= 11 is 0. The molecule has 10 rings (SSSR count). The van der Waals surface area contributed by atoms with E-state index in [-0.39, 0.29) is 6.04 Å². The Bertz CT molecular complexity index is 2660. The van der Waals surface area contributed by atoms with Gasteiger partial charge >= 0.3 is 0 Å². The molecular formula is C44H28N2O. The molecule has 0 saturated carbocycles. The average molecular weight is 601 g/mol. The van der Waals surface area contributed by atoms with E-state index in [1.54, 1.807) is 0 Å². The number of aromatic nitrogens is 1. The molecule has 3 nitrogen and oxygen atoms in total. The summed E-state index contributed by atoms with van der Waals surface area (Å²) in [6.07, 6.45) is 0. The van der Waals surface area contributed by atoms with E-state index in [0.717, 1.165) is 38.9 Å². The Morgan fingerprint density at radius 1 is 0.489 bits per heavy atom. The Labute approximate surface area is 271 Å². The van der Waals surface area contributed by atoms with Crippen LogP contribution in [0.4, 0.5) is 0 Å². The van der Waals surface area contributed by atoms with Crippen molar-refractivity contribution in [3.63, 3.8) is 0 Å². The summed E-state index contributed by atoms with van der Waals surface area (Å²) in [6, 6.07) is 58.5. The first-order valence-electron chi connectivity index (χ1n) is 16.1. The summed E-state index contributed by atoms with van der Waals surface area (Å²) in [4.78, 5) is 4.86. The van der Waals surface area contributed by atoms with Crippen molar-refractivity contribution in [3.8, 4) is 27.9 Å². The molecule has 47 heavy (non-hydrogen) atoms. The number of aliphatic imine (C=N–C) groups is 1. The predicted octanol–water partition coefficient (Wildman–Crippen LogP) is 11.6. The van der Waals surface area contributed by atoms with E-state index < -0.39 is 0 Å². The summed E-state index contributed by atoms with van der Waals surface area (Å²) in [5, 5.41) is 4.70. The molecule has 0 amide bonds. The van der Waals surface area contributed by atoms with Crippen molar-refractivity contribution in [2.24, 2.45) is 4.99 Å². The molecule has 0 aliphatic carbocycles. The third kappa shape index (κ3) is 4.10. The van der Waals surface area contributed by atoms with Gasteiger partial charge in [-0.1, -0.05) is 121 Å². The molecule has 1 aliphatic rings. The minimum atomic E-state index is 0.0980. The van der Waals surface area contributed by atoms with Gasteiger partial charge < -0.3 is 8.98 Å². The van der Waals surface area contributed by atoms with E-state index in [2.05, 4.69) is 162 Å². The fraction of sp³-hybridized carbons (Fsp3) is 0.0227. The van der Waals surface area contributed by atoms with Gasteiger partial charge in [0.2, 0.25) is 0 Å². The van der Waals surface area contributed by atoms with Gasteiger partial charge in [0.25, 0.3) is 0 Å². The summed E-state index contributed by atoms with van der Waals surface area (Å²) in [7, 11) is 0. The fourth-order valence-corrected chi connectivity index (χ4v) is 7.33. The summed E-state index contributed by atoms with van der Waals surface area (Å²) in [6.45, 7) is 0. The van der Waals surface area contributed by atoms with Gasteiger partial charge in [-0.05, 0) is 64.2 Å². The third-order valence-corrected chi connectivity index (χ3v) is 9.56. The molecule has 3 heteroatoms. The van der Waals surface area contributed by atoms with Gasteiger partial charge in [-0.3, -0.25) is 4.99 Å². The highest BCUT2D eigenvalue weighted by atomic mass is 16.3. The van der Waals surface area contributed by atoms with Crippen LogP contribution in [-0.4, -0.2) is 10.3 Å². The minimum Gasteiger partial charge on any atom is -0.455 e. The molecule has 0 saturated heterocycles. The molecular weight excluding hydrogens is 572 g/mol. The van der Waals surface area contributed by atoms with E-state index in [4.69, 9.17) is 9.41 Å². The molecule has 1 atom stereocenters. The molecule has 0 bridgehead atoms. The highest BCUT2D eigenvalue weighted by molar-refractivity contribution is 6.22. The fourth-order valence-electron chi connectivity index (χ4n) is 7.33. The first-order chi connectivity index (χ1) is 23.3. The van der Waals surface area contributed by atoms with Crippen molar-refractivity contribution in [2.75, 3.05) is 0 Å². The maximum absolute atomic E-state index is 6.72. The number of hydrogen-bond acceptors (Lipinski definition) is 2. The highest BCUT2D eigenvalue weighted by Crippen LogP contribution is 2.43. The second-order valence-electron chi connectivity index (χ2n) is 12.3. The quantitative estimate of drug-likeness (QED) is 0.193. The summed E-state index contributed by atoms with van der Waals surface area (Å²) < 4.78 is 9.12. The molecule has 1 unspecified atom stereocenters. The molecule has 0 radical (unpaired) electrons. The van der Waals surface area contributed by atoms with Crippen molar-refractivity contribution < 1.29 is 4.42 Å². The van der Waals surface area contributed by atoms with Crippen LogP contribution in [0.2, 0.25) is 0 Å². The highest BCUT2D eigenvalue weighted by Gasteiger charge is 2.33. The zero-order valence-corrected chi connectivity index (χ0v) is 25.5. The number of para-hydroxylation sites is 2. The first kappa shape index (κ1) is 26.1. The molecule has 1 aliphatic heterocycles. The Balaban J connectivity index is 1.20. The topological polar surface area (TPSA) is 30.4 Å². The van der Waals surface area contributed by atoms with Gasteiger partial charge in [-0.2, -0.15) is 0 Å². The third-order valence-electron chi connectivity index (χ3n) is 9.56. The van der Waals surface area contributed by atoms with Crippen molar-refractivity contribution in [2.45, 2.75) is 6.04 Å². The van der Waals surface area contributed by atoms with Crippen LogP contribution in [0.15, 0.2) is 173 Å². The van der Waals surface area contributed by atoms with Crippen molar-refractivity contribution in [1.29, 1.82) is 0 Å². The van der Waals surface area contributed by atoms with Crippen LogP contribution in [0, 0.1) is 0 Å². The van der Waals surface area contributed by atoms with Gasteiger partial charge in [0, 0.05) is 38.9 Å². The van der Waals surface area contributed by atoms with Crippen LogP contribution in [0.25, 0.3) is 71.7 Å². The van der Waals surface area contributed by atoms with E-state index in [1.807, 2.05) is 6.07 Å². The van der Waals surface area contributed by atoms with Gasteiger partial charge in [0.1, 0.15) is 17.2 Å². The molecule has 0 fully saturated rings. The lowest BCUT2D eigenvalue weighted by Crippen LogP contribution is -1.94. The smallest absolute Gasteiger partial charge is 0.144 e. The molecule has 9 aromatic rings. The minimum absolute atomic E-state index is 0.0980. The van der Waals surface area contributed by atoms with E-state index >= 15 is 0 Å². The Hall–Kier alpha value is -6.19. The van der Waals surface area contributed by atoms with Crippen LogP contribution in [0.5, 0.6) is 0 Å². The monoisotopic (exact) mass is 600 g/mol. The molecule has 2 aromatic heterocycles. The SMILES string of the molecule is c1ccc(-c2cc(-c3ccccc3)c3c4ccccc4n(-c4ccc5c(c4)oc4c(C6=NC6c6ccccc6)cccc45)c3c2)cc1. The number of furan rings is 1. The van der Waals surface area contributed by atoms with E-state index in [0.29, 0.717) is 0 Å². The Morgan fingerprint density at radius 2 is 1.19 bits per heavy atom. The number of hydrogen-bond donors (Lipinski definition) is 0. The standard InChI is InChI=1S/C44H28N2O/c1-4-13-28(14-5-1)31-25-37(29-15-6-2-7-16-29)41-35-19-10-11-22-38(35)46(39(41)26-31)32-23-24-33-34-20-12-21-36(44(34)47-40(33)27-32)43-42(45-43)30-17-8-3-9-18-30/h1-27,42H. The zero-order valence-electron chi connectivity index (χ0n) is 25.5. The van der Waals surface area contributed by atoms with E-state index in [9.17, 15) is 0 Å². The van der Waals surface area contributed by atoms with Crippen LogP contribution >= 0.6 is 0 Å². The van der Waals surface area contributed by atoms with Crippen LogP contribution in [0.3, 0.4) is 0 Å². The summed E-state index contributed by atoms with van der Waals surface area (Å²) in [5.74, 6) is 0. The lowest BCUT2D eigenvalue weighted by molar-refractivity contribution is 0.668. The largest absolute Gasteiger partial charge is 0.455 e. The lowest BCUT2D eigenvalue weighted by Gasteiger charge is -2.12. The molecule has 3 heterocycles. The normalized spacial score (nSPS) is 14.3.